The van der Waals surface area contributed by atoms with Crippen LogP contribution >= 0.6 is 12.4 Å². The second-order valence-electron chi connectivity index (χ2n) is 3.24. The van der Waals surface area contributed by atoms with E-state index in [2.05, 4.69) is 10.0 Å². The largest absolute Gasteiger partial charge is 0.452 e. The number of hydrogen-bond acceptors (Lipinski definition) is 4. The van der Waals surface area contributed by atoms with Crippen molar-refractivity contribution in [1.82, 2.24) is 10.0 Å². The fourth-order valence-electron chi connectivity index (χ4n) is 1.14. The van der Waals surface area contributed by atoms with Gasteiger partial charge in [-0.2, -0.15) is 0 Å². The van der Waals surface area contributed by atoms with Gasteiger partial charge in [-0.15, -0.1) is 12.4 Å². The average Bonchev–Trinajstić information content (AvgIpc) is 2.69. The highest BCUT2D eigenvalue weighted by Crippen LogP contribution is 2.07. The van der Waals surface area contributed by atoms with Crippen LogP contribution in [0.5, 0.6) is 0 Å². The van der Waals surface area contributed by atoms with Crippen molar-refractivity contribution < 1.29 is 12.8 Å². The van der Waals surface area contributed by atoms with Crippen molar-refractivity contribution in [2.45, 2.75) is 25.0 Å². The first-order valence-electron chi connectivity index (χ1n) is 4.83. The van der Waals surface area contributed by atoms with Crippen molar-refractivity contribution in [3.8, 4) is 0 Å². The van der Waals surface area contributed by atoms with Crippen molar-refractivity contribution in [3.05, 3.63) is 18.4 Å². The summed E-state index contributed by atoms with van der Waals surface area (Å²) < 4.78 is 30.4. The smallest absolute Gasteiger partial charge is 0.273 e. The molecule has 0 radical (unpaired) electrons. The second kappa shape index (κ2) is 6.90. The number of furan rings is 1. The first-order chi connectivity index (χ1) is 7.06. The topological polar surface area (TPSA) is 71.3 Å². The van der Waals surface area contributed by atoms with Gasteiger partial charge in [-0.25, -0.2) is 13.1 Å². The molecule has 0 aliphatic rings. The average molecular weight is 269 g/mol. The van der Waals surface area contributed by atoms with Gasteiger partial charge in [0.15, 0.2) is 0 Å². The maximum atomic E-state index is 11.6. The first kappa shape index (κ1) is 15.4. The van der Waals surface area contributed by atoms with Crippen LogP contribution in [-0.2, 0) is 10.0 Å². The lowest BCUT2D eigenvalue weighted by atomic mass is 10.3. The summed E-state index contributed by atoms with van der Waals surface area (Å²) in [6.07, 6.45) is 1.34. The lowest BCUT2D eigenvalue weighted by Crippen LogP contribution is -2.38. The van der Waals surface area contributed by atoms with Crippen LogP contribution in [0.1, 0.15) is 13.8 Å². The highest BCUT2D eigenvalue weighted by Gasteiger charge is 2.17. The van der Waals surface area contributed by atoms with E-state index in [4.69, 9.17) is 4.42 Å². The standard InChI is InChI=1S/C9H16N2O3S.ClH/c1-3-10-8(2)7-11-15(12,13)9-5-4-6-14-9;/h4-6,8,10-11H,3,7H2,1-2H3;1H/t8-;/m1./s1. The summed E-state index contributed by atoms with van der Waals surface area (Å²) in [5, 5.41) is 3.06. The molecule has 1 rings (SSSR count). The SMILES string of the molecule is CCN[C@H](C)CNS(=O)(=O)c1ccco1.Cl. The van der Waals surface area contributed by atoms with Gasteiger partial charge in [-0.3, -0.25) is 0 Å². The van der Waals surface area contributed by atoms with Crippen LogP contribution in [0.2, 0.25) is 0 Å². The second-order valence-corrected chi connectivity index (χ2v) is 4.94. The third kappa shape index (κ3) is 4.52. The zero-order valence-corrected chi connectivity index (χ0v) is 10.9. The van der Waals surface area contributed by atoms with E-state index in [1.54, 1.807) is 6.07 Å². The Bertz CT molecular complexity index is 377. The van der Waals surface area contributed by atoms with E-state index in [1.165, 1.54) is 12.3 Å². The Morgan fingerprint density at radius 3 is 2.69 bits per heavy atom. The Labute approximate surface area is 102 Å². The molecule has 1 atom stereocenters. The lowest BCUT2D eigenvalue weighted by Gasteiger charge is -2.12. The van der Waals surface area contributed by atoms with E-state index in [0.717, 1.165) is 6.54 Å². The highest BCUT2D eigenvalue weighted by molar-refractivity contribution is 7.89. The van der Waals surface area contributed by atoms with Crippen LogP contribution in [0, 0.1) is 0 Å². The molecule has 0 aliphatic heterocycles. The monoisotopic (exact) mass is 268 g/mol. The molecule has 0 fully saturated rings. The zero-order valence-electron chi connectivity index (χ0n) is 9.26. The van der Waals surface area contributed by atoms with Crippen molar-refractivity contribution in [3.63, 3.8) is 0 Å². The maximum absolute atomic E-state index is 11.6. The number of hydrogen-bond donors (Lipinski definition) is 2. The normalized spacial score (nSPS) is 13.1. The molecule has 94 valence electrons. The van der Waals surface area contributed by atoms with Crippen LogP contribution in [0.25, 0.3) is 0 Å². The quantitative estimate of drug-likeness (QED) is 0.807. The fraction of sp³-hybridized carbons (Fsp3) is 0.556. The Morgan fingerprint density at radius 1 is 1.50 bits per heavy atom. The van der Waals surface area contributed by atoms with Gasteiger partial charge >= 0.3 is 0 Å². The molecule has 0 aliphatic carbocycles. The minimum atomic E-state index is -3.49. The van der Waals surface area contributed by atoms with Crippen molar-refractivity contribution in [1.29, 1.82) is 0 Å². The Balaban J connectivity index is 0.00000225. The van der Waals surface area contributed by atoms with Crippen molar-refractivity contribution in [2.24, 2.45) is 0 Å². The maximum Gasteiger partial charge on any atom is 0.273 e. The van der Waals surface area contributed by atoms with Crippen LogP contribution in [0.3, 0.4) is 0 Å². The number of halogens is 1. The molecule has 7 heteroatoms. The molecular weight excluding hydrogens is 252 g/mol. The number of sulfonamides is 1. The molecule has 0 aromatic carbocycles. The van der Waals surface area contributed by atoms with E-state index in [-0.39, 0.29) is 23.5 Å². The summed E-state index contributed by atoms with van der Waals surface area (Å²) >= 11 is 0. The van der Waals surface area contributed by atoms with E-state index >= 15 is 0 Å². The van der Waals surface area contributed by atoms with E-state index in [0.29, 0.717) is 6.54 Å². The molecule has 16 heavy (non-hydrogen) atoms. The molecule has 0 bridgehead atoms. The van der Waals surface area contributed by atoms with Crippen LogP contribution < -0.4 is 10.0 Å². The Hall–Kier alpha value is -0.560. The van der Waals surface area contributed by atoms with Gasteiger partial charge < -0.3 is 9.73 Å². The Morgan fingerprint density at radius 2 is 2.19 bits per heavy atom. The third-order valence-electron chi connectivity index (χ3n) is 1.89. The predicted octanol–water partition coefficient (Wildman–Crippen LogP) is 0.978. The molecular formula is C9H17ClN2O3S. The summed E-state index contributed by atoms with van der Waals surface area (Å²) in [7, 11) is -3.49. The van der Waals surface area contributed by atoms with Crippen molar-refractivity contribution in [2.75, 3.05) is 13.1 Å². The zero-order chi connectivity index (χ0) is 11.3. The van der Waals surface area contributed by atoms with Gasteiger partial charge in [0.05, 0.1) is 6.26 Å². The van der Waals surface area contributed by atoms with Gasteiger partial charge in [0.2, 0.25) is 5.09 Å². The number of rotatable bonds is 6. The summed E-state index contributed by atoms with van der Waals surface area (Å²) in [6.45, 7) is 5.03. The summed E-state index contributed by atoms with van der Waals surface area (Å²) in [4.78, 5) is 0. The first-order valence-corrected chi connectivity index (χ1v) is 6.31. The highest BCUT2D eigenvalue weighted by atomic mass is 35.5. The van der Waals surface area contributed by atoms with Crippen LogP contribution in [-0.4, -0.2) is 27.5 Å². The molecule has 0 spiro atoms. The molecule has 1 aromatic rings. The minimum absolute atomic E-state index is 0. The van der Waals surface area contributed by atoms with E-state index < -0.39 is 10.0 Å². The van der Waals surface area contributed by atoms with Gasteiger partial charge in [-0.1, -0.05) is 6.92 Å². The predicted molar refractivity (Wildman–Crippen MR) is 64.3 cm³/mol. The summed E-state index contributed by atoms with van der Waals surface area (Å²) in [5.74, 6) is 0. The molecule has 1 heterocycles. The lowest BCUT2D eigenvalue weighted by molar-refractivity contribution is 0.443. The van der Waals surface area contributed by atoms with Crippen LogP contribution in [0.4, 0.5) is 0 Å². The van der Waals surface area contributed by atoms with Gasteiger partial charge in [0, 0.05) is 12.6 Å². The van der Waals surface area contributed by atoms with Gasteiger partial charge in [-0.05, 0) is 25.6 Å². The van der Waals surface area contributed by atoms with E-state index in [9.17, 15) is 8.42 Å². The fourth-order valence-corrected chi connectivity index (χ4v) is 2.19. The summed E-state index contributed by atoms with van der Waals surface area (Å²) in [6, 6.07) is 3.06. The molecule has 0 unspecified atom stereocenters. The third-order valence-corrected chi connectivity index (χ3v) is 3.20. The number of nitrogens with one attached hydrogen (secondary N) is 2. The molecule has 0 saturated carbocycles. The van der Waals surface area contributed by atoms with E-state index in [1.807, 2.05) is 13.8 Å². The molecule has 0 amide bonds. The molecule has 1 aromatic heterocycles. The van der Waals surface area contributed by atoms with Crippen LogP contribution in [0.15, 0.2) is 27.9 Å². The van der Waals surface area contributed by atoms with Crippen molar-refractivity contribution >= 4 is 22.4 Å². The Kier molecular flexibility index (Phi) is 6.66. The van der Waals surface area contributed by atoms with Gasteiger partial charge in [0.1, 0.15) is 0 Å². The molecule has 2 N–H and O–H groups in total. The summed E-state index contributed by atoms with van der Waals surface area (Å²) in [5.41, 5.74) is 0. The number of likely N-dealkylation sites (N-methyl/N-ethyl adjacent to an activating group) is 1. The molecule has 0 saturated heterocycles. The minimum Gasteiger partial charge on any atom is -0.452 e. The van der Waals surface area contributed by atoms with Gasteiger partial charge in [0.25, 0.3) is 10.0 Å². The molecule has 5 nitrogen and oxygen atoms in total.